The molecule has 0 bridgehead atoms. The number of ether oxygens (including phenoxy) is 2. The lowest BCUT2D eigenvalue weighted by Crippen LogP contribution is -2.53. The van der Waals surface area contributed by atoms with Crippen LogP contribution in [0.1, 0.15) is 133 Å². The first kappa shape index (κ1) is 48.9. The second-order valence-corrected chi connectivity index (χ2v) is 20.3. The molecular weight excluding hydrogens is 845 g/mol. The van der Waals surface area contributed by atoms with Gasteiger partial charge in [0.15, 0.2) is 5.78 Å². The maximum absolute atomic E-state index is 13.8. The quantitative estimate of drug-likeness (QED) is 0.163. The summed E-state index contributed by atoms with van der Waals surface area (Å²) in [5.41, 5.74) is 8.67. The fourth-order valence-electron chi connectivity index (χ4n) is 10.4. The minimum Gasteiger partial charge on any atom is -0.453 e. The monoisotopic (exact) mass is 915 g/mol. The van der Waals surface area contributed by atoms with Crippen LogP contribution in [0.3, 0.4) is 0 Å². The van der Waals surface area contributed by atoms with Crippen molar-refractivity contribution in [2.24, 2.45) is 16.8 Å². The molecule has 0 saturated carbocycles. The lowest BCUT2D eigenvalue weighted by molar-refractivity contribution is -0.139. The van der Waals surface area contributed by atoms with Gasteiger partial charge in [-0.1, -0.05) is 115 Å². The summed E-state index contributed by atoms with van der Waals surface area (Å²) in [4.78, 5) is 76.5. The molecule has 0 aliphatic carbocycles. The van der Waals surface area contributed by atoms with Gasteiger partial charge in [0.1, 0.15) is 12.1 Å². The maximum atomic E-state index is 13.8. The fraction of sp³-hybridized carbons (Fsp3) is 0.519. The van der Waals surface area contributed by atoms with Gasteiger partial charge in [0, 0.05) is 37.3 Å². The van der Waals surface area contributed by atoms with E-state index in [9.17, 15) is 24.0 Å². The van der Waals surface area contributed by atoms with E-state index in [1.165, 1.54) is 30.9 Å². The Labute approximate surface area is 396 Å². The Hall–Kier alpha value is -5.98. The maximum Gasteiger partial charge on any atom is 0.407 e. The largest absolute Gasteiger partial charge is 0.453 e. The molecule has 4 heterocycles. The number of ketones is 1. The van der Waals surface area contributed by atoms with Gasteiger partial charge in [0.25, 0.3) is 0 Å². The Morgan fingerprint density at radius 1 is 0.672 bits per heavy atom. The lowest BCUT2D eigenvalue weighted by atomic mass is 9.87. The van der Waals surface area contributed by atoms with Crippen molar-refractivity contribution in [2.45, 2.75) is 141 Å². The van der Waals surface area contributed by atoms with Gasteiger partial charge in [-0.05, 0) is 95.7 Å². The molecular formula is C54H70N6O7. The van der Waals surface area contributed by atoms with E-state index in [1.807, 2.05) is 32.6 Å². The summed E-state index contributed by atoms with van der Waals surface area (Å²) in [6, 6.07) is 24.3. The molecule has 3 aromatic carbocycles. The van der Waals surface area contributed by atoms with Crippen molar-refractivity contribution in [1.29, 1.82) is 0 Å². The summed E-state index contributed by atoms with van der Waals surface area (Å²) in [5, 5.41) is 5.41. The highest BCUT2D eigenvalue weighted by atomic mass is 16.5. The molecule has 3 saturated heterocycles. The topological polar surface area (TPSA) is 150 Å². The Kier molecular flexibility index (Phi) is 15.3. The predicted molar refractivity (Wildman–Crippen MR) is 262 cm³/mol. The summed E-state index contributed by atoms with van der Waals surface area (Å²) in [6.45, 7) is 15.4. The van der Waals surface area contributed by atoms with Crippen molar-refractivity contribution in [1.82, 2.24) is 20.4 Å². The highest BCUT2D eigenvalue weighted by Gasteiger charge is 2.41. The van der Waals surface area contributed by atoms with Gasteiger partial charge in [0.2, 0.25) is 11.8 Å². The normalized spacial score (nSPS) is 21.6. The summed E-state index contributed by atoms with van der Waals surface area (Å²) >= 11 is 0. The third-order valence-electron chi connectivity index (χ3n) is 14.1. The van der Waals surface area contributed by atoms with Crippen LogP contribution >= 0.6 is 0 Å². The number of nitrogens with one attached hydrogen (secondary N) is 2. The fourth-order valence-corrected chi connectivity index (χ4v) is 10.4. The van der Waals surface area contributed by atoms with Crippen LogP contribution in [0.2, 0.25) is 0 Å². The molecule has 2 N–H and O–H groups in total. The third kappa shape index (κ3) is 10.9. The highest BCUT2D eigenvalue weighted by molar-refractivity contribution is 6.02. The van der Waals surface area contributed by atoms with Gasteiger partial charge in [-0.2, -0.15) is 0 Å². The van der Waals surface area contributed by atoms with Gasteiger partial charge < -0.3 is 34.8 Å². The zero-order chi connectivity index (χ0) is 48.2. The summed E-state index contributed by atoms with van der Waals surface area (Å²) in [7, 11) is 2.58. The van der Waals surface area contributed by atoms with E-state index < -0.39 is 30.3 Å². The van der Waals surface area contributed by atoms with Crippen LogP contribution in [0.25, 0.3) is 5.70 Å². The number of allylic oxidation sites excluding steroid dienone is 1. The van der Waals surface area contributed by atoms with Crippen LogP contribution in [0.4, 0.5) is 15.3 Å². The van der Waals surface area contributed by atoms with E-state index in [0.717, 1.165) is 60.3 Å². The van der Waals surface area contributed by atoms with E-state index in [4.69, 9.17) is 14.5 Å². The molecule has 358 valence electrons. The van der Waals surface area contributed by atoms with Gasteiger partial charge in [-0.25, -0.2) is 9.59 Å². The second-order valence-electron chi connectivity index (χ2n) is 20.3. The smallest absolute Gasteiger partial charge is 0.407 e. The first-order valence-corrected chi connectivity index (χ1v) is 24.2. The number of hydrogen-bond donors (Lipinski definition) is 2. The van der Waals surface area contributed by atoms with Crippen molar-refractivity contribution < 1.29 is 33.4 Å². The van der Waals surface area contributed by atoms with E-state index in [2.05, 4.69) is 115 Å². The van der Waals surface area contributed by atoms with Crippen molar-refractivity contribution in [3.05, 3.63) is 107 Å². The number of amides is 4. The summed E-state index contributed by atoms with van der Waals surface area (Å²) in [5.74, 6) is -0.617. The van der Waals surface area contributed by atoms with Gasteiger partial charge >= 0.3 is 12.2 Å². The van der Waals surface area contributed by atoms with E-state index in [1.54, 1.807) is 4.90 Å². The molecule has 3 fully saturated rings. The molecule has 0 spiro atoms. The van der Waals surface area contributed by atoms with Gasteiger partial charge in [-0.15, -0.1) is 0 Å². The number of alkyl carbamates (subject to hydrolysis) is 2. The number of rotatable bonds is 14. The number of hydrogen-bond acceptors (Lipinski definition) is 9. The van der Waals surface area contributed by atoms with Gasteiger partial charge in [0.05, 0.1) is 44.1 Å². The number of carbonyl (C=O) groups excluding carboxylic acids is 5. The minimum absolute atomic E-state index is 0.000186. The van der Waals surface area contributed by atoms with Gasteiger partial charge in [-0.3, -0.25) is 19.4 Å². The number of anilines is 1. The second kappa shape index (κ2) is 20.9. The zero-order valence-electron chi connectivity index (χ0n) is 40.8. The molecule has 4 aliphatic rings. The Morgan fingerprint density at radius 3 is 1.73 bits per heavy atom. The van der Waals surface area contributed by atoms with Crippen LogP contribution in [0.15, 0.2) is 83.9 Å². The number of likely N-dealkylation sites (tertiary alicyclic amines) is 2. The van der Waals surface area contributed by atoms with Crippen LogP contribution in [-0.4, -0.2) is 96.8 Å². The SMILES string of the molecule is COC(=O)N[C@H](C(=O)N1CCC[C@H]1C(=O)Cc1ccc([C@@H]2CC[C@H](c3ccc(C4=CCC([C@@H]5CCCN5C(=O)[C@@H](NC(=O)OC)C(C)C)=N4)cc3)N2c2ccc(C(C)(C)C)cc2)cc1)C(C)C. The highest BCUT2D eigenvalue weighted by Crippen LogP contribution is 2.47. The number of nitrogens with zero attached hydrogens (tertiary/aromatic N) is 4. The van der Waals surface area contributed by atoms with Crippen LogP contribution in [0.5, 0.6) is 0 Å². The standard InChI is InChI=1S/C54H70N6O7/c1-33(2)48(56-52(64)66-8)50(62)58-30-10-12-45(58)42-27-26-41(55-42)36-18-20-38(21-19-36)44-29-28-43(60(44)40-24-22-39(23-25-40)54(5,6)7)37-16-14-35(15-17-37)32-47(61)46-13-11-31-59(46)51(63)49(34(3)4)57-53(65)67-9/h14-26,33-34,43-46,48-49H,10-13,27-32H2,1-9H3,(H,56,64)(H,57,65)/t43-,44+,45-,46-,48-,49-/m0/s1. The first-order valence-electron chi connectivity index (χ1n) is 24.2. The summed E-state index contributed by atoms with van der Waals surface area (Å²) in [6.07, 6.45) is 6.72. The molecule has 7 rings (SSSR count). The molecule has 0 unspecified atom stereocenters. The van der Waals surface area contributed by atoms with Crippen molar-refractivity contribution >= 4 is 46.9 Å². The van der Waals surface area contributed by atoms with Crippen molar-refractivity contribution in [3.8, 4) is 0 Å². The minimum atomic E-state index is -0.773. The molecule has 4 amide bonds. The number of aliphatic imine (C=N–C) groups is 1. The number of Topliss-reactive ketones (excluding diaryl/α,β-unsaturated/α-hetero) is 1. The predicted octanol–water partition coefficient (Wildman–Crippen LogP) is 9.11. The average Bonchev–Trinajstić information content (AvgIpc) is 4.16. The van der Waals surface area contributed by atoms with E-state index >= 15 is 0 Å². The Morgan fingerprint density at radius 2 is 1.19 bits per heavy atom. The molecule has 3 aromatic rings. The molecule has 0 radical (unpaired) electrons. The van der Waals surface area contributed by atoms with E-state index in [-0.39, 0.29) is 59.4 Å². The number of carbonyl (C=O) groups is 5. The molecule has 13 nitrogen and oxygen atoms in total. The van der Waals surface area contributed by atoms with Crippen molar-refractivity contribution in [2.75, 3.05) is 32.2 Å². The molecule has 4 aliphatic heterocycles. The molecule has 0 aromatic heterocycles. The third-order valence-corrected chi connectivity index (χ3v) is 14.1. The van der Waals surface area contributed by atoms with Crippen LogP contribution in [-0.2, 0) is 35.7 Å². The number of benzene rings is 3. The van der Waals surface area contributed by atoms with Crippen LogP contribution in [0, 0.1) is 11.8 Å². The summed E-state index contributed by atoms with van der Waals surface area (Å²) < 4.78 is 9.58. The lowest BCUT2D eigenvalue weighted by Gasteiger charge is -2.34. The van der Waals surface area contributed by atoms with Crippen molar-refractivity contribution in [3.63, 3.8) is 0 Å². The Bertz CT molecular complexity index is 2330. The average molecular weight is 915 g/mol. The zero-order valence-corrected chi connectivity index (χ0v) is 40.8. The molecule has 13 heteroatoms. The first-order chi connectivity index (χ1) is 32.0. The molecule has 6 atom stereocenters. The van der Waals surface area contributed by atoms with Crippen LogP contribution < -0.4 is 15.5 Å². The number of methoxy groups -OCH3 is 2. The van der Waals surface area contributed by atoms with E-state index in [0.29, 0.717) is 25.9 Å². The Balaban J connectivity index is 1.07. The molecule has 67 heavy (non-hydrogen) atoms.